The third-order valence-corrected chi connectivity index (χ3v) is 5.35. The quantitative estimate of drug-likeness (QED) is 0.749. The molecule has 0 aromatic carbocycles. The van der Waals surface area contributed by atoms with Crippen molar-refractivity contribution in [1.82, 2.24) is 20.2 Å². The second-order valence-electron chi connectivity index (χ2n) is 6.34. The molecule has 1 saturated heterocycles. The predicted molar refractivity (Wildman–Crippen MR) is 99.8 cm³/mol. The lowest BCUT2D eigenvalue weighted by Crippen LogP contribution is -2.47. The van der Waals surface area contributed by atoms with Crippen LogP contribution in [-0.4, -0.2) is 39.9 Å². The first-order valence-electron chi connectivity index (χ1n) is 8.70. The second kappa shape index (κ2) is 7.80. The normalized spacial score (nSPS) is 17.4. The Morgan fingerprint density at radius 1 is 1.31 bits per heavy atom. The fraction of sp³-hybridized carbons (Fsp3) is 0.316. The van der Waals surface area contributed by atoms with Gasteiger partial charge in [-0.15, -0.1) is 11.3 Å². The summed E-state index contributed by atoms with van der Waals surface area (Å²) in [5.74, 6) is 1.13. The molecule has 1 aliphatic rings. The van der Waals surface area contributed by atoms with Gasteiger partial charge in [-0.05, 0) is 36.4 Å². The molecule has 3 aromatic rings. The highest BCUT2D eigenvalue weighted by atomic mass is 32.1. The molecule has 1 atom stereocenters. The summed E-state index contributed by atoms with van der Waals surface area (Å²) in [6.07, 6.45) is 7.30. The second-order valence-corrected chi connectivity index (χ2v) is 7.29. The summed E-state index contributed by atoms with van der Waals surface area (Å²) in [4.78, 5) is 24.2. The fourth-order valence-electron chi connectivity index (χ4n) is 3.13. The Bertz CT molecular complexity index is 831. The van der Waals surface area contributed by atoms with Crippen LogP contribution in [0.4, 0.5) is 0 Å². The van der Waals surface area contributed by atoms with E-state index in [-0.39, 0.29) is 11.9 Å². The van der Waals surface area contributed by atoms with Crippen molar-refractivity contribution in [2.24, 2.45) is 0 Å². The van der Waals surface area contributed by atoms with E-state index in [1.54, 1.807) is 23.5 Å². The molecule has 0 spiro atoms. The van der Waals surface area contributed by atoms with Crippen molar-refractivity contribution in [2.45, 2.75) is 25.4 Å². The van der Waals surface area contributed by atoms with Crippen LogP contribution in [0.5, 0.6) is 0 Å². The molecule has 26 heavy (non-hydrogen) atoms. The van der Waals surface area contributed by atoms with E-state index >= 15 is 0 Å². The zero-order chi connectivity index (χ0) is 17.8. The molecule has 6 nitrogen and oxygen atoms in total. The molecule has 0 radical (unpaired) electrons. The summed E-state index contributed by atoms with van der Waals surface area (Å²) in [5.41, 5.74) is 1.04. The lowest BCUT2D eigenvalue weighted by Gasteiger charge is -2.32. The molecule has 3 aromatic heterocycles. The van der Waals surface area contributed by atoms with Crippen LogP contribution in [0.2, 0.25) is 0 Å². The standard InChI is InChI=1S/C19H20N4O2S/c24-19(16-5-2-8-25-16)23-7-1-4-15(13-23)20-10-14-11-21-18(22-12-14)17-6-3-9-26-17/h2-3,5-6,8-9,11-12,15,20H,1,4,7,10,13H2. The summed E-state index contributed by atoms with van der Waals surface area (Å²) >= 11 is 1.63. The van der Waals surface area contributed by atoms with Crippen LogP contribution in [0.1, 0.15) is 29.0 Å². The summed E-state index contributed by atoms with van der Waals surface area (Å²) in [6.45, 7) is 2.15. The van der Waals surface area contributed by atoms with Crippen molar-refractivity contribution in [3.63, 3.8) is 0 Å². The first-order valence-corrected chi connectivity index (χ1v) is 9.58. The average Bonchev–Trinajstić information content (AvgIpc) is 3.40. The molecule has 0 bridgehead atoms. The van der Waals surface area contributed by atoms with Gasteiger partial charge < -0.3 is 14.6 Å². The van der Waals surface area contributed by atoms with Crippen molar-refractivity contribution in [2.75, 3.05) is 13.1 Å². The van der Waals surface area contributed by atoms with Crippen LogP contribution in [0.15, 0.2) is 52.7 Å². The molecule has 1 aliphatic heterocycles. The van der Waals surface area contributed by atoms with Gasteiger partial charge in [0.25, 0.3) is 5.91 Å². The molecule has 1 amide bonds. The number of hydrogen-bond donors (Lipinski definition) is 1. The Morgan fingerprint density at radius 2 is 2.19 bits per heavy atom. The molecule has 1 N–H and O–H groups in total. The molecular weight excluding hydrogens is 348 g/mol. The number of piperidine rings is 1. The van der Waals surface area contributed by atoms with Gasteiger partial charge in [0.2, 0.25) is 0 Å². The van der Waals surface area contributed by atoms with Crippen LogP contribution >= 0.6 is 11.3 Å². The number of carbonyl (C=O) groups is 1. The van der Waals surface area contributed by atoms with Gasteiger partial charge in [-0.25, -0.2) is 9.97 Å². The first kappa shape index (κ1) is 16.9. The van der Waals surface area contributed by atoms with Crippen molar-refractivity contribution < 1.29 is 9.21 Å². The molecule has 1 fully saturated rings. The Balaban J connectivity index is 1.32. The molecule has 1 unspecified atom stereocenters. The van der Waals surface area contributed by atoms with Crippen molar-refractivity contribution in [3.8, 4) is 10.7 Å². The van der Waals surface area contributed by atoms with E-state index in [1.807, 2.05) is 34.8 Å². The smallest absolute Gasteiger partial charge is 0.289 e. The van der Waals surface area contributed by atoms with Crippen LogP contribution in [0, 0.1) is 0 Å². The van der Waals surface area contributed by atoms with Crippen LogP contribution in [0.3, 0.4) is 0 Å². The predicted octanol–water partition coefficient (Wildman–Crippen LogP) is 3.19. The summed E-state index contributed by atoms with van der Waals surface area (Å²) < 4.78 is 5.23. The fourth-order valence-corrected chi connectivity index (χ4v) is 3.80. The van der Waals surface area contributed by atoms with E-state index in [9.17, 15) is 4.79 Å². The van der Waals surface area contributed by atoms with Gasteiger partial charge >= 0.3 is 0 Å². The highest BCUT2D eigenvalue weighted by Gasteiger charge is 2.25. The maximum absolute atomic E-state index is 12.4. The summed E-state index contributed by atoms with van der Waals surface area (Å²) in [5, 5.41) is 5.54. The molecular formula is C19H20N4O2S. The summed E-state index contributed by atoms with van der Waals surface area (Å²) in [7, 11) is 0. The van der Waals surface area contributed by atoms with E-state index < -0.39 is 0 Å². The highest BCUT2D eigenvalue weighted by molar-refractivity contribution is 7.13. The minimum Gasteiger partial charge on any atom is -0.459 e. The Morgan fingerprint density at radius 3 is 2.92 bits per heavy atom. The van der Waals surface area contributed by atoms with Crippen molar-refractivity contribution in [3.05, 3.63) is 59.6 Å². The number of furan rings is 1. The molecule has 4 heterocycles. The Kier molecular flexibility index (Phi) is 5.08. The van der Waals surface area contributed by atoms with Gasteiger partial charge in [0.15, 0.2) is 11.6 Å². The summed E-state index contributed by atoms with van der Waals surface area (Å²) in [6, 6.07) is 7.74. The number of thiophene rings is 1. The number of nitrogens with one attached hydrogen (secondary N) is 1. The third kappa shape index (κ3) is 3.84. The van der Waals surface area contributed by atoms with Gasteiger partial charge in [0, 0.05) is 43.6 Å². The van der Waals surface area contributed by atoms with Gasteiger partial charge in [-0.2, -0.15) is 0 Å². The Hall–Kier alpha value is -2.51. The number of carbonyl (C=O) groups excluding carboxylic acids is 1. The zero-order valence-corrected chi connectivity index (χ0v) is 15.1. The van der Waals surface area contributed by atoms with E-state index in [4.69, 9.17) is 4.42 Å². The largest absolute Gasteiger partial charge is 0.459 e. The number of aromatic nitrogens is 2. The number of nitrogens with zero attached hydrogens (tertiary/aromatic N) is 3. The van der Waals surface area contributed by atoms with E-state index in [0.29, 0.717) is 18.8 Å². The zero-order valence-electron chi connectivity index (χ0n) is 14.3. The number of amides is 1. The Labute approximate surface area is 155 Å². The van der Waals surface area contributed by atoms with Gasteiger partial charge in [0.05, 0.1) is 11.1 Å². The SMILES string of the molecule is O=C(c1ccco1)N1CCCC(NCc2cnc(-c3cccs3)nc2)C1. The van der Waals surface area contributed by atoms with Crippen molar-refractivity contribution in [1.29, 1.82) is 0 Å². The number of likely N-dealkylation sites (tertiary alicyclic amines) is 1. The highest BCUT2D eigenvalue weighted by Crippen LogP contribution is 2.20. The van der Waals surface area contributed by atoms with Crippen LogP contribution in [-0.2, 0) is 6.54 Å². The lowest BCUT2D eigenvalue weighted by molar-refractivity contribution is 0.0662. The number of rotatable bonds is 5. The maximum atomic E-state index is 12.4. The van der Waals surface area contributed by atoms with Crippen LogP contribution < -0.4 is 5.32 Å². The van der Waals surface area contributed by atoms with E-state index in [2.05, 4.69) is 15.3 Å². The third-order valence-electron chi connectivity index (χ3n) is 4.48. The molecule has 0 saturated carbocycles. The minimum atomic E-state index is -0.0369. The first-order chi connectivity index (χ1) is 12.8. The van der Waals surface area contributed by atoms with Gasteiger partial charge in [-0.3, -0.25) is 4.79 Å². The minimum absolute atomic E-state index is 0.0369. The average molecular weight is 368 g/mol. The lowest BCUT2D eigenvalue weighted by atomic mass is 10.1. The monoisotopic (exact) mass is 368 g/mol. The van der Waals surface area contributed by atoms with Gasteiger partial charge in [-0.1, -0.05) is 6.07 Å². The molecule has 7 heteroatoms. The molecule has 134 valence electrons. The van der Waals surface area contributed by atoms with Gasteiger partial charge in [0.1, 0.15) is 0 Å². The molecule has 4 rings (SSSR count). The molecule has 0 aliphatic carbocycles. The number of hydrogen-bond acceptors (Lipinski definition) is 6. The maximum Gasteiger partial charge on any atom is 0.289 e. The van der Waals surface area contributed by atoms with E-state index in [0.717, 1.165) is 35.7 Å². The van der Waals surface area contributed by atoms with E-state index in [1.165, 1.54) is 6.26 Å². The van der Waals surface area contributed by atoms with Crippen molar-refractivity contribution >= 4 is 17.2 Å². The topological polar surface area (TPSA) is 71.3 Å². The van der Waals surface area contributed by atoms with Crippen LogP contribution in [0.25, 0.3) is 10.7 Å².